The van der Waals surface area contributed by atoms with Gasteiger partial charge >= 0.3 is 0 Å². The molecule has 0 spiro atoms. The summed E-state index contributed by atoms with van der Waals surface area (Å²) < 4.78 is 0. The van der Waals surface area contributed by atoms with Crippen LogP contribution in [0.5, 0.6) is 0 Å². The predicted octanol–water partition coefficient (Wildman–Crippen LogP) is 3.64. The number of rotatable bonds is 3. The van der Waals surface area contributed by atoms with Gasteiger partial charge in [-0.25, -0.2) is 4.98 Å². The van der Waals surface area contributed by atoms with Crippen LogP contribution in [-0.2, 0) is 4.79 Å². The summed E-state index contributed by atoms with van der Waals surface area (Å²) in [5.41, 5.74) is 0.718. The molecule has 92 valence electrons. The SMILES string of the molecule is O=C(CC1CCCCC1)Nc1ccc(Cl)nc1. The second-order valence-electron chi connectivity index (χ2n) is 4.63. The number of aromatic nitrogens is 1. The standard InChI is InChI=1S/C13H17ClN2O/c14-12-7-6-11(9-15-12)16-13(17)8-10-4-2-1-3-5-10/h6-7,9-10H,1-5,8H2,(H,16,17). The van der Waals surface area contributed by atoms with Crippen molar-refractivity contribution in [3.8, 4) is 0 Å². The van der Waals surface area contributed by atoms with Gasteiger partial charge in [0, 0.05) is 6.42 Å². The molecule has 0 radical (unpaired) electrons. The molecule has 1 saturated carbocycles. The number of nitrogens with one attached hydrogen (secondary N) is 1. The van der Waals surface area contributed by atoms with E-state index in [1.165, 1.54) is 32.1 Å². The molecule has 2 rings (SSSR count). The summed E-state index contributed by atoms with van der Waals surface area (Å²) in [5.74, 6) is 0.644. The Morgan fingerprint density at radius 2 is 2.12 bits per heavy atom. The molecular weight excluding hydrogens is 236 g/mol. The topological polar surface area (TPSA) is 42.0 Å². The molecule has 4 heteroatoms. The summed E-state index contributed by atoms with van der Waals surface area (Å²) in [7, 11) is 0. The Kier molecular flexibility index (Phi) is 4.37. The zero-order chi connectivity index (χ0) is 12.1. The second kappa shape index (κ2) is 6.01. The number of carbonyl (C=O) groups is 1. The van der Waals surface area contributed by atoms with Gasteiger partial charge < -0.3 is 5.32 Å². The van der Waals surface area contributed by atoms with Crippen LogP contribution in [0.25, 0.3) is 0 Å². The van der Waals surface area contributed by atoms with Gasteiger partial charge in [-0.15, -0.1) is 0 Å². The van der Waals surface area contributed by atoms with Crippen molar-refractivity contribution in [2.24, 2.45) is 5.92 Å². The van der Waals surface area contributed by atoms with E-state index in [1.54, 1.807) is 18.3 Å². The van der Waals surface area contributed by atoms with Crippen LogP contribution >= 0.6 is 11.6 Å². The summed E-state index contributed by atoms with van der Waals surface area (Å²) in [6.07, 6.45) is 8.43. The quantitative estimate of drug-likeness (QED) is 0.835. The third-order valence-electron chi connectivity index (χ3n) is 3.21. The fourth-order valence-electron chi connectivity index (χ4n) is 2.32. The Bertz CT molecular complexity index is 372. The van der Waals surface area contributed by atoms with Crippen LogP contribution in [-0.4, -0.2) is 10.9 Å². The van der Waals surface area contributed by atoms with E-state index >= 15 is 0 Å². The molecule has 1 N–H and O–H groups in total. The van der Waals surface area contributed by atoms with Gasteiger partial charge in [0.25, 0.3) is 0 Å². The molecule has 1 aliphatic rings. The molecule has 1 fully saturated rings. The highest BCUT2D eigenvalue weighted by atomic mass is 35.5. The molecule has 17 heavy (non-hydrogen) atoms. The van der Waals surface area contributed by atoms with E-state index in [0.29, 0.717) is 17.5 Å². The number of halogens is 1. The molecule has 1 heterocycles. The molecule has 0 atom stereocenters. The van der Waals surface area contributed by atoms with Crippen molar-refractivity contribution < 1.29 is 4.79 Å². The number of carbonyl (C=O) groups excluding carboxylic acids is 1. The molecule has 0 saturated heterocycles. The van der Waals surface area contributed by atoms with Gasteiger partial charge in [-0.05, 0) is 30.9 Å². The lowest BCUT2D eigenvalue weighted by Crippen LogP contribution is -2.18. The first-order valence-corrected chi connectivity index (χ1v) is 6.53. The van der Waals surface area contributed by atoms with Crippen LogP contribution in [0.15, 0.2) is 18.3 Å². The van der Waals surface area contributed by atoms with Crippen LogP contribution in [0, 0.1) is 5.92 Å². The molecule has 0 aliphatic heterocycles. The summed E-state index contributed by atoms with van der Waals surface area (Å²) >= 11 is 5.68. The van der Waals surface area contributed by atoms with E-state index in [-0.39, 0.29) is 5.91 Å². The highest BCUT2D eigenvalue weighted by Gasteiger charge is 2.16. The molecule has 1 aromatic heterocycles. The number of amides is 1. The maximum Gasteiger partial charge on any atom is 0.224 e. The van der Waals surface area contributed by atoms with Crippen molar-refractivity contribution in [1.29, 1.82) is 0 Å². The van der Waals surface area contributed by atoms with Gasteiger partial charge in [0.05, 0.1) is 11.9 Å². The van der Waals surface area contributed by atoms with Gasteiger partial charge in [0.15, 0.2) is 0 Å². The first-order valence-electron chi connectivity index (χ1n) is 6.15. The Balaban J connectivity index is 1.82. The first kappa shape index (κ1) is 12.4. The zero-order valence-electron chi connectivity index (χ0n) is 9.79. The van der Waals surface area contributed by atoms with Crippen molar-refractivity contribution >= 4 is 23.2 Å². The lowest BCUT2D eigenvalue weighted by Gasteiger charge is -2.20. The fourth-order valence-corrected chi connectivity index (χ4v) is 2.43. The van der Waals surface area contributed by atoms with Crippen LogP contribution in [0.1, 0.15) is 38.5 Å². The highest BCUT2D eigenvalue weighted by molar-refractivity contribution is 6.29. The Morgan fingerprint density at radius 1 is 1.35 bits per heavy atom. The fraction of sp³-hybridized carbons (Fsp3) is 0.538. The second-order valence-corrected chi connectivity index (χ2v) is 5.01. The normalized spacial score (nSPS) is 16.8. The number of hydrogen-bond acceptors (Lipinski definition) is 2. The van der Waals surface area contributed by atoms with Crippen molar-refractivity contribution in [1.82, 2.24) is 4.98 Å². The monoisotopic (exact) mass is 252 g/mol. The smallest absolute Gasteiger partial charge is 0.224 e. The van der Waals surface area contributed by atoms with Gasteiger partial charge in [-0.2, -0.15) is 0 Å². The Hall–Kier alpha value is -1.09. The van der Waals surface area contributed by atoms with Crippen LogP contribution < -0.4 is 5.32 Å². The van der Waals surface area contributed by atoms with E-state index in [2.05, 4.69) is 10.3 Å². The minimum Gasteiger partial charge on any atom is -0.325 e. The van der Waals surface area contributed by atoms with Crippen molar-refractivity contribution in [2.75, 3.05) is 5.32 Å². The molecule has 1 aliphatic carbocycles. The highest BCUT2D eigenvalue weighted by Crippen LogP contribution is 2.26. The third kappa shape index (κ3) is 4.00. The molecule has 3 nitrogen and oxygen atoms in total. The average Bonchev–Trinajstić information content (AvgIpc) is 2.33. The van der Waals surface area contributed by atoms with Crippen molar-refractivity contribution in [3.63, 3.8) is 0 Å². The summed E-state index contributed by atoms with van der Waals surface area (Å²) in [4.78, 5) is 15.7. The van der Waals surface area contributed by atoms with E-state index in [9.17, 15) is 4.79 Å². The molecule has 0 aromatic carbocycles. The largest absolute Gasteiger partial charge is 0.325 e. The number of pyridine rings is 1. The summed E-state index contributed by atoms with van der Waals surface area (Å²) in [6, 6.07) is 3.45. The molecule has 1 amide bonds. The molecule has 1 aromatic rings. The maximum absolute atomic E-state index is 11.8. The Morgan fingerprint density at radius 3 is 2.76 bits per heavy atom. The van der Waals surface area contributed by atoms with E-state index < -0.39 is 0 Å². The number of nitrogens with zero attached hydrogens (tertiary/aromatic N) is 1. The zero-order valence-corrected chi connectivity index (χ0v) is 10.5. The summed E-state index contributed by atoms with van der Waals surface area (Å²) in [6.45, 7) is 0. The van der Waals surface area contributed by atoms with E-state index in [4.69, 9.17) is 11.6 Å². The van der Waals surface area contributed by atoms with Crippen molar-refractivity contribution in [3.05, 3.63) is 23.5 Å². The van der Waals surface area contributed by atoms with Crippen molar-refractivity contribution in [2.45, 2.75) is 38.5 Å². The number of hydrogen-bond donors (Lipinski definition) is 1. The lowest BCUT2D eigenvalue weighted by molar-refractivity contribution is -0.117. The average molecular weight is 253 g/mol. The van der Waals surface area contributed by atoms with Gasteiger partial charge in [-0.1, -0.05) is 30.9 Å². The van der Waals surface area contributed by atoms with Gasteiger partial charge in [0.2, 0.25) is 5.91 Å². The van der Waals surface area contributed by atoms with E-state index in [1.807, 2.05) is 0 Å². The van der Waals surface area contributed by atoms with Crippen LogP contribution in [0.3, 0.4) is 0 Å². The lowest BCUT2D eigenvalue weighted by atomic mass is 9.87. The van der Waals surface area contributed by atoms with E-state index in [0.717, 1.165) is 5.69 Å². The Labute approximate surface area is 107 Å². The summed E-state index contributed by atoms with van der Waals surface area (Å²) in [5, 5.41) is 3.30. The maximum atomic E-state index is 11.8. The van der Waals surface area contributed by atoms with Crippen LogP contribution in [0.2, 0.25) is 5.15 Å². The molecular formula is C13H17ClN2O. The third-order valence-corrected chi connectivity index (χ3v) is 3.43. The van der Waals surface area contributed by atoms with Gasteiger partial charge in [-0.3, -0.25) is 4.79 Å². The first-order chi connectivity index (χ1) is 8.24. The van der Waals surface area contributed by atoms with Crippen LogP contribution in [0.4, 0.5) is 5.69 Å². The minimum absolute atomic E-state index is 0.0843. The number of anilines is 1. The molecule has 0 unspecified atom stereocenters. The van der Waals surface area contributed by atoms with Gasteiger partial charge in [0.1, 0.15) is 5.15 Å². The minimum atomic E-state index is 0.0843. The molecule has 0 bridgehead atoms. The predicted molar refractivity (Wildman–Crippen MR) is 69.1 cm³/mol.